The number of nitrogens with two attached hydrogens (primary N) is 1. The first-order chi connectivity index (χ1) is 7.30. The summed E-state index contributed by atoms with van der Waals surface area (Å²) in [6.07, 6.45) is 4.38. The first-order valence-electron chi connectivity index (χ1n) is 6.32. The number of hydrogen-bond acceptors (Lipinski definition) is 2. The Morgan fingerprint density at radius 2 is 2.06 bits per heavy atom. The van der Waals surface area contributed by atoms with Crippen LogP contribution in [0.2, 0.25) is 0 Å². The van der Waals surface area contributed by atoms with Gasteiger partial charge in [-0.05, 0) is 30.1 Å². The average molecular weight is 224 g/mol. The lowest BCUT2D eigenvalue weighted by Crippen LogP contribution is -2.35. The highest BCUT2D eigenvalue weighted by atomic mass is 16.1. The molecule has 1 saturated heterocycles. The highest BCUT2D eigenvalue weighted by molar-refractivity contribution is 5.73. The fourth-order valence-electron chi connectivity index (χ4n) is 4.09. The molecule has 2 aliphatic rings. The Balaban J connectivity index is 2.02. The van der Waals surface area contributed by atoms with Crippen molar-refractivity contribution in [1.82, 2.24) is 4.90 Å². The van der Waals surface area contributed by atoms with Gasteiger partial charge in [0, 0.05) is 25.6 Å². The SMILES string of the molecule is CC1(C)C[C@@H]2C[C@@](C)(CN2CCC(N)=O)C1. The molecule has 0 aromatic carbocycles. The first kappa shape index (κ1) is 11.9. The Kier molecular flexibility index (Phi) is 2.77. The zero-order valence-corrected chi connectivity index (χ0v) is 10.8. The van der Waals surface area contributed by atoms with E-state index in [1.54, 1.807) is 0 Å². The van der Waals surface area contributed by atoms with Gasteiger partial charge in [0.05, 0.1) is 0 Å². The van der Waals surface area contributed by atoms with E-state index >= 15 is 0 Å². The van der Waals surface area contributed by atoms with Gasteiger partial charge in [-0.2, -0.15) is 0 Å². The van der Waals surface area contributed by atoms with Crippen LogP contribution >= 0.6 is 0 Å². The topological polar surface area (TPSA) is 46.3 Å². The van der Waals surface area contributed by atoms with Gasteiger partial charge in [0.15, 0.2) is 0 Å². The second kappa shape index (κ2) is 3.73. The van der Waals surface area contributed by atoms with Crippen molar-refractivity contribution in [1.29, 1.82) is 0 Å². The van der Waals surface area contributed by atoms with Crippen LogP contribution in [0.3, 0.4) is 0 Å². The molecule has 1 saturated carbocycles. The summed E-state index contributed by atoms with van der Waals surface area (Å²) in [5, 5.41) is 0. The summed E-state index contributed by atoms with van der Waals surface area (Å²) in [6.45, 7) is 9.13. The summed E-state index contributed by atoms with van der Waals surface area (Å²) in [6, 6.07) is 0.674. The predicted octanol–water partition coefficient (Wildman–Crippen LogP) is 1.76. The Morgan fingerprint density at radius 1 is 1.38 bits per heavy atom. The lowest BCUT2D eigenvalue weighted by atomic mass is 9.65. The molecule has 2 atom stereocenters. The average Bonchev–Trinajstić information content (AvgIpc) is 2.31. The minimum absolute atomic E-state index is 0.175. The van der Waals surface area contributed by atoms with Crippen molar-refractivity contribution in [2.75, 3.05) is 13.1 Å². The summed E-state index contributed by atoms with van der Waals surface area (Å²) in [5.74, 6) is -0.175. The predicted molar refractivity (Wildman–Crippen MR) is 64.9 cm³/mol. The number of likely N-dealkylation sites (tertiary alicyclic amines) is 1. The molecule has 1 aliphatic carbocycles. The van der Waals surface area contributed by atoms with Crippen molar-refractivity contribution < 1.29 is 4.79 Å². The maximum absolute atomic E-state index is 10.9. The van der Waals surface area contributed by atoms with E-state index in [4.69, 9.17) is 5.73 Å². The molecule has 16 heavy (non-hydrogen) atoms. The molecule has 2 rings (SSSR count). The van der Waals surface area contributed by atoms with E-state index in [1.807, 2.05) is 0 Å². The van der Waals surface area contributed by atoms with Crippen molar-refractivity contribution in [2.45, 2.75) is 52.5 Å². The summed E-state index contributed by atoms with van der Waals surface area (Å²) in [4.78, 5) is 13.3. The van der Waals surface area contributed by atoms with E-state index in [0.717, 1.165) is 13.1 Å². The van der Waals surface area contributed by atoms with Crippen LogP contribution < -0.4 is 5.73 Å². The Hall–Kier alpha value is -0.570. The maximum Gasteiger partial charge on any atom is 0.218 e. The highest BCUT2D eigenvalue weighted by Gasteiger charge is 2.49. The van der Waals surface area contributed by atoms with Gasteiger partial charge in [-0.3, -0.25) is 9.69 Å². The molecule has 3 nitrogen and oxygen atoms in total. The first-order valence-corrected chi connectivity index (χ1v) is 6.32. The second-order valence-electron chi connectivity index (χ2n) is 6.90. The minimum Gasteiger partial charge on any atom is -0.370 e. The molecule has 0 unspecified atom stereocenters. The zero-order chi connectivity index (χ0) is 12.0. The number of primary amides is 1. The van der Waals surface area contributed by atoms with Crippen LogP contribution in [0.15, 0.2) is 0 Å². The normalized spacial score (nSPS) is 37.6. The van der Waals surface area contributed by atoms with E-state index in [-0.39, 0.29) is 5.91 Å². The van der Waals surface area contributed by atoms with Crippen LogP contribution in [0.4, 0.5) is 0 Å². The van der Waals surface area contributed by atoms with Gasteiger partial charge in [-0.15, -0.1) is 0 Å². The van der Waals surface area contributed by atoms with Crippen molar-refractivity contribution >= 4 is 5.91 Å². The van der Waals surface area contributed by atoms with Gasteiger partial charge in [0.25, 0.3) is 0 Å². The number of carbonyl (C=O) groups is 1. The molecular formula is C13H24N2O. The number of rotatable bonds is 3. The summed E-state index contributed by atoms with van der Waals surface area (Å²) < 4.78 is 0. The van der Waals surface area contributed by atoms with E-state index < -0.39 is 0 Å². The lowest BCUT2D eigenvalue weighted by Gasteiger charge is -2.39. The molecule has 2 N–H and O–H groups in total. The van der Waals surface area contributed by atoms with Crippen LogP contribution in [0, 0.1) is 10.8 Å². The summed E-state index contributed by atoms with van der Waals surface area (Å²) in [5.41, 5.74) is 6.15. The van der Waals surface area contributed by atoms with Crippen LogP contribution in [0.1, 0.15) is 46.5 Å². The van der Waals surface area contributed by atoms with Crippen LogP contribution in [-0.2, 0) is 4.79 Å². The van der Waals surface area contributed by atoms with Crippen molar-refractivity contribution in [3.63, 3.8) is 0 Å². The Bertz CT molecular complexity index is 300. The van der Waals surface area contributed by atoms with Crippen LogP contribution in [-0.4, -0.2) is 29.9 Å². The molecule has 3 heteroatoms. The standard InChI is InChI=1S/C13H24N2O/c1-12(2)6-10-7-13(3,8-12)9-15(10)5-4-11(14)16/h10H,4-9H2,1-3H3,(H2,14,16)/t10-,13-/m1/s1. The fourth-order valence-corrected chi connectivity index (χ4v) is 4.09. The van der Waals surface area contributed by atoms with Gasteiger partial charge in [0.1, 0.15) is 0 Å². The monoisotopic (exact) mass is 224 g/mol. The van der Waals surface area contributed by atoms with Gasteiger partial charge in [0.2, 0.25) is 5.91 Å². The Labute approximate surface area is 98.4 Å². The number of amides is 1. The largest absolute Gasteiger partial charge is 0.370 e. The summed E-state index contributed by atoms with van der Waals surface area (Å²) in [7, 11) is 0. The quantitative estimate of drug-likeness (QED) is 0.794. The fraction of sp³-hybridized carbons (Fsp3) is 0.923. The van der Waals surface area contributed by atoms with Crippen molar-refractivity contribution in [2.24, 2.45) is 16.6 Å². The van der Waals surface area contributed by atoms with Gasteiger partial charge < -0.3 is 5.73 Å². The van der Waals surface area contributed by atoms with Gasteiger partial charge in [-0.1, -0.05) is 20.8 Å². The molecule has 2 bridgehead atoms. The van der Waals surface area contributed by atoms with E-state index in [1.165, 1.54) is 19.3 Å². The molecule has 1 heterocycles. The number of hydrogen-bond donors (Lipinski definition) is 1. The number of nitrogens with zero attached hydrogens (tertiary/aromatic N) is 1. The molecule has 1 amide bonds. The second-order valence-corrected chi connectivity index (χ2v) is 6.90. The van der Waals surface area contributed by atoms with E-state index in [0.29, 0.717) is 23.3 Å². The molecule has 0 spiro atoms. The van der Waals surface area contributed by atoms with Crippen LogP contribution in [0.5, 0.6) is 0 Å². The molecule has 0 aromatic heterocycles. The lowest BCUT2D eigenvalue weighted by molar-refractivity contribution is -0.118. The van der Waals surface area contributed by atoms with Crippen molar-refractivity contribution in [3.05, 3.63) is 0 Å². The zero-order valence-electron chi connectivity index (χ0n) is 10.8. The maximum atomic E-state index is 10.9. The summed E-state index contributed by atoms with van der Waals surface area (Å²) >= 11 is 0. The molecule has 1 aliphatic heterocycles. The Morgan fingerprint density at radius 3 is 2.69 bits per heavy atom. The third kappa shape index (κ3) is 2.40. The number of fused-ring (bicyclic) bond motifs is 2. The van der Waals surface area contributed by atoms with Crippen LogP contribution in [0.25, 0.3) is 0 Å². The molecule has 92 valence electrons. The van der Waals surface area contributed by atoms with Crippen molar-refractivity contribution in [3.8, 4) is 0 Å². The molecule has 0 aromatic rings. The third-order valence-corrected chi connectivity index (χ3v) is 4.17. The van der Waals surface area contributed by atoms with Gasteiger partial charge >= 0.3 is 0 Å². The molecule has 2 fully saturated rings. The third-order valence-electron chi connectivity index (χ3n) is 4.17. The van der Waals surface area contributed by atoms with E-state index in [9.17, 15) is 4.79 Å². The highest BCUT2D eigenvalue weighted by Crippen LogP contribution is 2.52. The minimum atomic E-state index is -0.175. The molecular weight excluding hydrogens is 200 g/mol. The van der Waals surface area contributed by atoms with Gasteiger partial charge in [-0.25, -0.2) is 0 Å². The van der Waals surface area contributed by atoms with E-state index in [2.05, 4.69) is 25.7 Å². The molecule has 0 radical (unpaired) electrons. The smallest absolute Gasteiger partial charge is 0.218 e. The number of carbonyl (C=O) groups excluding carboxylic acids is 1.